The number of carbonyl (C=O) groups excluding carboxylic acids is 2. The van der Waals surface area contributed by atoms with Gasteiger partial charge in [0.15, 0.2) is 0 Å². The number of benzene rings is 1. The number of H-pyrrole nitrogens is 1. The van der Waals surface area contributed by atoms with Crippen molar-refractivity contribution in [2.75, 3.05) is 0 Å². The number of para-hydroxylation sites is 1. The van der Waals surface area contributed by atoms with Crippen LogP contribution in [0.1, 0.15) is 31.9 Å². The molecule has 0 aliphatic rings. The van der Waals surface area contributed by atoms with Gasteiger partial charge in [-0.2, -0.15) is 5.48 Å². The van der Waals surface area contributed by atoms with Crippen molar-refractivity contribution in [3.8, 4) is 0 Å². The lowest BCUT2D eigenvalue weighted by molar-refractivity contribution is -0.156. The van der Waals surface area contributed by atoms with Gasteiger partial charge >= 0.3 is 5.97 Å². The molecule has 0 radical (unpaired) electrons. The fourth-order valence-corrected chi connectivity index (χ4v) is 2.27. The Balaban J connectivity index is 2.03. The monoisotopic (exact) mass is 289 g/mol. The van der Waals surface area contributed by atoms with Crippen molar-refractivity contribution in [3.05, 3.63) is 36.0 Å². The predicted octanol–water partition coefficient (Wildman–Crippen LogP) is 1.79. The first-order valence-corrected chi connectivity index (χ1v) is 6.77. The molecule has 6 heteroatoms. The summed E-state index contributed by atoms with van der Waals surface area (Å²) in [6.07, 6.45) is 2.05. The van der Waals surface area contributed by atoms with Crippen LogP contribution in [0.2, 0.25) is 0 Å². The number of carbonyl (C=O) groups is 2. The molecule has 0 aliphatic heterocycles. The van der Waals surface area contributed by atoms with Gasteiger partial charge < -0.3 is 15.6 Å². The molecule has 0 aliphatic carbocycles. The Morgan fingerprint density at radius 1 is 1.38 bits per heavy atom. The van der Waals surface area contributed by atoms with E-state index in [-0.39, 0.29) is 24.3 Å². The molecule has 2 unspecified atom stereocenters. The van der Waals surface area contributed by atoms with Crippen molar-refractivity contribution in [1.29, 1.82) is 0 Å². The van der Waals surface area contributed by atoms with Gasteiger partial charge in [0.2, 0.25) is 0 Å². The van der Waals surface area contributed by atoms with E-state index in [4.69, 9.17) is 5.73 Å². The van der Waals surface area contributed by atoms with E-state index in [1.165, 1.54) is 6.92 Å². The molecule has 0 spiro atoms. The number of hydroxylamine groups is 1. The Labute approximate surface area is 122 Å². The highest BCUT2D eigenvalue weighted by Gasteiger charge is 2.21. The zero-order valence-corrected chi connectivity index (χ0v) is 12.1. The smallest absolute Gasteiger partial charge is 0.329 e. The molecule has 2 atom stereocenters. The van der Waals surface area contributed by atoms with E-state index in [0.717, 1.165) is 16.5 Å². The van der Waals surface area contributed by atoms with E-state index in [9.17, 15) is 9.59 Å². The van der Waals surface area contributed by atoms with E-state index in [2.05, 4.69) is 15.3 Å². The molecule has 2 rings (SSSR count). The van der Waals surface area contributed by atoms with Crippen LogP contribution in [0.4, 0.5) is 0 Å². The number of fused-ring (bicyclic) bond motifs is 1. The molecule has 0 saturated heterocycles. The molecule has 2 aromatic rings. The fourth-order valence-electron chi connectivity index (χ4n) is 2.27. The number of aromatic amines is 1. The van der Waals surface area contributed by atoms with Gasteiger partial charge in [-0.25, -0.2) is 0 Å². The Hall–Kier alpha value is -2.34. The Morgan fingerprint density at radius 2 is 2.10 bits per heavy atom. The summed E-state index contributed by atoms with van der Waals surface area (Å²) in [7, 11) is 0. The minimum absolute atomic E-state index is 0.0974. The summed E-state index contributed by atoms with van der Waals surface area (Å²) in [6.45, 7) is 3.11. The lowest BCUT2D eigenvalue weighted by atomic mass is 9.92. The minimum Gasteiger partial charge on any atom is -0.361 e. The van der Waals surface area contributed by atoms with Gasteiger partial charge in [0.05, 0.1) is 0 Å². The van der Waals surface area contributed by atoms with E-state index in [1.54, 1.807) is 0 Å². The van der Waals surface area contributed by atoms with Gasteiger partial charge in [-0.3, -0.25) is 9.59 Å². The highest BCUT2D eigenvalue weighted by Crippen LogP contribution is 2.28. The molecule has 0 bridgehead atoms. The van der Waals surface area contributed by atoms with Crippen LogP contribution in [0.3, 0.4) is 0 Å². The van der Waals surface area contributed by atoms with Crippen molar-refractivity contribution >= 4 is 22.8 Å². The molecule has 6 nitrogen and oxygen atoms in total. The molecule has 0 saturated carbocycles. The Kier molecular flexibility index (Phi) is 4.59. The number of nitrogens with two attached hydrogens (primary N) is 1. The van der Waals surface area contributed by atoms with Crippen LogP contribution < -0.4 is 11.2 Å². The first-order valence-electron chi connectivity index (χ1n) is 6.77. The first-order chi connectivity index (χ1) is 9.99. The maximum Gasteiger partial charge on any atom is 0.329 e. The van der Waals surface area contributed by atoms with Crippen LogP contribution in [0.25, 0.3) is 10.9 Å². The second-order valence-corrected chi connectivity index (χ2v) is 5.12. The van der Waals surface area contributed by atoms with Gasteiger partial charge in [-0.15, -0.1) is 0 Å². The molecule has 1 amide bonds. The number of rotatable bonds is 4. The third kappa shape index (κ3) is 3.61. The maximum absolute atomic E-state index is 11.6. The molecule has 1 aromatic heterocycles. The Bertz CT molecular complexity index is 650. The topological polar surface area (TPSA) is 97.2 Å². The number of aromatic nitrogens is 1. The van der Waals surface area contributed by atoms with Crippen LogP contribution in [-0.4, -0.2) is 16.9 Å². The fraction of sp³-hybridized carbons (Fsp3) is 0.333. The van der Waals surface area contributed by atoms with Crippen molar-refractivity contribution < 1.29 is 14.4 Å². The lowest BCUT2D eigenvalue weighted by Crippen LogP contribution is -2.30. The summed E-state index contributed by atoms with van der Waals surface area (Å²) in [6, 6.07) is 7.58. The summed E-state index contributed by atoms with van der Waals surface area (Å²) in [5.41, 5.74) is 10.3. The molecule has 112 valence electrons. The van der Waals surface area contributed by atoms with Crippen molar-refractivity contribution in [2.45, 2.75) is 26.3 Å². The Morgan fingerprint density at radius 3 is 2.81 bits per heavy atom. The average Bonchev–Trinajstić information content (AvgIpc) is 2.88. The van der Waals surface area contributed by atoms with Gasteiger partial charge in [0, 0.05) is 36.5 Å². The first kappa shape index (κ1) is 15.1. The molecule has 4 N–H and O–H groups in total. The van der Waals surface area contributed by atoms with Crippen molar-refractivity contribution in [3.63, 3.8) is 0 Å². The second kappa shape index (κ2) is 6.41. The van der Waals surface area contributed by atoms with Crippen LogP contribution in [0, 0.1) is 5.92 Å². The quantitative estimate of drug-likeness (QED) is 0.747. The minimum atomic E-state index is -0.558. The summed E-state index contributed by atoms with van der Waals surface area (Å²) < 4.78 is 0. The number of amides is 1. The molecule has 1 aromatic carbocycles. The van der Waals surface area contributed by atoms with E-state index in [0.29, 0.717) is 0 Å². The van der Waals surface area contributed by atoms with Gasteiger partial charge in [0.25, 0.3) is 5.91 Å². The third-order valence-corrected chi connectivity index (χ3v) is 3.41. The predicted molar refractivity (Wildman–Crippen MR) is 78.9 cm³/mol. The highest BCUT2D eigenvalue weighted by atomic mass is 16.7. The summed E-state index contributed by atoms with van der Waals surface area (Å²) in [5.74, 6) is -1.02. The summed E-state index contributed by atoms with van der Waals surface area (Å²) >= 11 is 0. The molecular weight excluding hydrogens is 270 g/mol. The van der Waals surface area contributed by atoms with Gasteiger partial charge in [0.1, 0.15) is 0 Å². The molecule has 0 fully saturated rings. The van der Waals surface area contributed by atoms with Crippen molar-refractivity contribution in [2.24, 2.45) is 11.7 Å². The summed E-state index contributed by atoms with van der Waals surface area (Å²) in [4.78, 5) is 29.9. The van der Waals surface area contributed by atoms with Crippen LogP contribution in [0.15, 0.2) is 30.5 Å². The normalized spacial score (nSPS) is 13.7. The van der Waals surface area contributed by atoms with Crippen LogP contribution in [-0.2, 0) is 14.4 Å². The second-order valence-electron chi connectivity index (χ2n) is 5.12. The average molecular weight is 289 g/mol. The SMILES string of the molecule is CC(=O)ONC(=O)CC(C)C(N)c1c[nH]c2ccccc12. The third-order valence-electron chi connectivity index (χ3n) is 3.41. The lowest BCUT2D eigenvalue weighted by Gasteiger charge is -2.19. The standard InChI is InChI=1S/C15H19N3O3/c1-9(7-14(20)18-21-10(2)19)15(16)12-8-17-13-6-4-3-5-11(12)13/h3-6,8-9,15,17H,7,16H2,1-2H3,(H,18,20). The zero-order chi connectivity index (χ0) is 15.4. The number of hydrogen-bond acceptors (Lipinski definition) is 4. The molecule has 21 heavy (non-hydrogen) atoms. The summed E-state index contributed by atoms with van der Waals surface area (Å²) in [5, 5.41) is 1.05. The van der Waals surface area contributed by atoms with Gasteiger partial charge in [-0.05, 0) is 17.5 Å². The maximum atomic E-state index is 11.6. The van der Waals surface area contributed by atoms with Crippen molar-refractivity contribution in [1.82, 2.24) is 10.5 Å². The zero-order valence-electron chi connectivity index (χ0n) is 12.1. The van der Waals surface area contributed by atoms with Gasteiger partial charge in [-0.1, -0.05) is 25.1 Å². The van der Waals surface area contributed by atoms with Crippen LogP contribution in [0.5, 0.6) is 0 Å². The number of nitrogens with one attached hydrogen (secondary N) is 2. The largest absolute Gasteiger partial charge is 0.361 e. The molecular formula is C15H19N3O3. The van der Waals surface area contributed by atoms with E-state index >= 15 is 0 Å². The number of hydrogen-bond donors (Lipinski definition) is 3. The highest BCUT2D eigenvalue weighted by molar-refractivity contribution is 5.83. The van der Waals surface area contributed by atoms with E-state index < -0.39 is 5.97 Å². The van der Waals surface area contributed by atoms with E-state index in [1.807, 2.05) is 37.4 Å². The van der Waals surface area contributed by atoms with Crippen LogP contribution >= 0.6 is 0 Å². The molecule has 1 heterocycles.